The molecule has 1 atom stereocenters. The fourth-order valence-electron chi connectivity index (χ4n) is 3.72. The molecule has 0 amide bonds. The lowest BCUT2D eigenvalue weighted by Gasteiger charge is -2.25. The second-order valence-corrected chi connectivity index (χ2v) is 8.31. The molecular weight excluding hydrogens is 430 g/mol. The van der Waals surface area contributed by atoms with E-state index in [1.165, 1.54) is 10.8 Å². The summed E-state index contributed by atoms with van der Waals surface area (Å²) in [6, 6.07) is 5.34. The summed E-state index contributed by atoms with van der Waals surface area (Å²) in [4.78, 5) is 28.1. The van der Waals surface area contributed by atoms with Gasteiger partial charge in [0.25, 0.3) is 5.56 Å². The summed E-state index contributed by atoms with van der Waals surface area (Å²) >= 11 is 6.33. The number of aromatic nitrogens is 4. The van der Waals surface area contributed by atoms with Gasteiger partial charge in [0.1, 0.15) is 10.7 Å². The third-order valence-corrected chi connectivity index (χ3v) is 5.76. The Bertz CT molecular complexity index is 1200. The lowest BCUT2D eigenvalue weighted by atomic mass is 10.1. The molecule has 3 aromatic rings. The third-order valence-electron chi connectivity index (χ3n) is 5.48. The van der Waals surface area contributed by atoms with E-state index in [0.717, 1.165) is 30.8 Å². The van der Waals surface area contributed by atoms with Gasteiger partial charge in [-0.2, -0.15) is 4.98 Å². The summed E-state index contributed by atoms with van der Waals surface area (Å²) in [7, 11) is 5.39. The Balaban J connectivity index is 1.60. The van der Waals surface area contributed by atoms with E-state index in [0.29, 0.717) is 33.9 Å². The van der Waals surface area contributed by atoms with E-state index in [2.05, 4.69) is 37.5 Å². The van der Waals surface area contributed by atoms with Gasteiger partial charge < -0.3 is 24.8 Å². The van der Waals surface area contributed by atoms with Crippen LogP contribution in [0.3, 0.4) is 0 Å². The minimum absolute atomic E-state index is 0.0779. The van der Waals surface area contributed by atoms with Crippen LogP contribution < -0.4 is 20.9 Å². The van der Waals surface area contributed by atoms with Crippen molar-refractivity contribution in [3.8, 4) is 5.88 Å². The Morgan fingerprint density at radius 2 is 2.09 bits per heavy atom. The van der Waals surface area contributed by atoms with E-state index < -0.39 is 0 Å². The van der Waals surface area contributed by atoms with Crippen LogP contribution in [-0.2, 0) is 20.0 Å². The summed E-state index contributed by atoms with van der Waals surface area (Å²) in [5, 5.41) is 6.77. The minimum Gasteiger partial charge on any atom is -0.480 e. The molecule has 0 aliphatic carbocycles. The third kappa shape index (κ3) is 4.53. The maximum atomic E-state index is 12.4. The zero-order valence-electron chi connectivity index (χ0n) is 18.5. The first-order valence-corrected chi connectivity index (χ1v) is 10.7. The van der Waals surface area contributed by atoms with E-state index in [-0.39, 0.29) is 11.6 Å². The summed E-state index contributed by atoms with van der Waals surface area (Å²) in [5.41, 5.74) is 3.40. The average Bonchev–Trinajstić information content (AvgIpc) is 2.77. The molecule has 10 heteroatoms. The van der Waals surface area contributed by atoms with E-state index >= 15 is 0 Å². The zero-order chi connectivity index (χ0) is 22.8. The van der Waals surface area contributed by atoms with Gasteiger partial charge in [-0.05, 0) is 37.7 Å². The number of hydrogen-bond donors (Lipinski definition) is 2. The van der Waals surface area contributed by atoms with Gasteiger partial charge in [0, 0.05) is 38.3 Å². The first-order chi connectivity index (χ1) is 15.4. The highest BCUT2D eigenvalue weighted by Gasteiger charge is 2.19. The van der Waals surface area contributed by atoms with Crippen LogP contribution in [0.15, 0.2) is 35.4 Å². The zero-order valence-corrected chi connectivity index (χ0v) is 19.3. The molecule has 0 radical (unpaired) electrons. The number of ether oxygens (including phenoxy) is 1. The largest absolute Gasteiger partial charge is 0.480 e. The number of methoxy groups -OCH3 is 1. The summed E-state index contributed by atoms with van der Waals surface area (Å²) < 4.78 is 7.03. The number of pyridine rings is 2. The average molecular weight is 456 g/mol. The molecule has 4 rings (SSSR count). The van der Waals surface area contributed by atoms with Crippen LogP contribution >= 0.6 is 11.6 Å². The quantitative estimate of drug-likeness (QED) is 0.585. The van der Waals surface area contributed by atoms with Crippen LogP contribution in [0.1, 0.15) is 29.8 Å². The molecule has 0 saturated carbocycles. The van der Waals surface area contributed by atoms with Gasteiger partial charge in [-0.15, -0.1) is 0 Å². The Hall–Kier alpha value is -3.17. The summed E-state index contributed by atoms with van der Waals surface area (Å²) in [5.74, 6) is 1.25. The van der Waals surface area contributed by atoms with Crippen molar-refractivity contribution < 1.29 is 4.74 Å². The van der Waals surface area contributed by atoms with E-state index in [4.69, 9.17) is 16.3 Å². The normalized spacial score (nSPS) is 14.5. The Labute approximate surface area is 191 Å². The van der Waals surface area contributed by atoms with Gasteiger partial charge in [-0.3, -0.25) is 4.79 Å². The summed E-state index contributed by atoms with van der Waals surface area (Å²) in [6.45, 7) is 3.67. The van der Waals surface area contributed by atoms with Crippen molar-refractivity contribution >= 4 is 29.1 Å². The molecule has 3 aromatic heterocycles. The molecule has 1 aliphatic rings. The molecule has 0 bridgehead atoms. The van der Waals surface area contributed by atoms with Crippen LogP contribution in [0.2, 0.25) is 5.02 Å². The number of rotatable bonds is 6. The van der Waals surface area contributed by atoms with Gasteiger partial charge in [-0.1, -0.05) is 11.6 Å². The van der Waals surface area contributed by atoms with E-state index in [1.807, 2.05) is 19.1 Å². The Kier molecular flexibility index (Phi) is 6.29. The van der Waals surface area contributed by atoms with Gasteiger partial charge in [0.2, 0.25) is 11.8 Å². The van der Waals surface area contributed by atoms with Crippen molar-refractivity contribution in [2.24, 2.45) is 7.05 Å². The van der Waals surface area contributed by atoms with Crippen molar-refractivity contribution in [2.75, 3.05) is 31.3 Å². The fourth-order valence-corrected chi connectivity index (χ4v) is 3.86. The van der Waals surface area contributed by atoms with Crippen LogP contribution in [0, 0.1) is 0 Å². The van der Waals surface area contributed by atoms with Crippen molar-refractivity contribution in [3.63, 3.8) is 0 Å². The molecule has 0 fully saturated rings. The lowest BCUT2D eigenvalue weighted by molar-refractivity contribution is 0.307. The van der Waals surface area contributed by atoms with Crippen LogP contribution in [0.5, 0.6) is 5.88 Å². The van der Waals surface area contributed by atoms with Crippen LogP contribution in [-0.4, -0.2) is 45.1 Å². The molecular formula is C22H26ClN7O2. The van der Waals surface area contributed by atoms with Crippen molar-refractivity contribution in [3.05, 3.63) is 62.8 Å². The van der Waals surface area contributed by atoms with Crippen molar-refractivity contribution in [1.82, 2.24) is 24.4 Å². The SMILES string of the molecule is COc1nc2c(cc1Nc1ncc(Cl)c(NC(C)c3cccn(C)c3=O)n1)CN(C)CC2. The first-order valence-electron chi connectivity index (χ1n) is 10.3. The van der Waals surface area contributed by atoms with E-state index in [9.17, 15) is 4.79 Å². The topological polar surface area (TPSA) is 97.2 Å². The molecule has 168 valence electrons. The highest BCUT2D eigenvalue weighted by Crippen LogP contribution is 2.31. The molecule has 4 heterocycles. The smallest absolute Gasteiger partial charge is 0.255 e. The minimum atomic E-state index is -0.300. The van der Waals surface area contributed by atoms with Gasteiger partial charge in [0.05, 0.1) is 25.0 Å². The van der Waals surface area contributed by atoms with Gasteiger partial charge >= 0.3 is 0 Å². The van der Waals surface area contributed by atoms with Crippen LogP contribution in [0.4, 0.5) is 17.5 Å². The van der Waals surface area contributed by atoms with Gasteiger partial charge in [-0.25, -0.2) is 9.97 Å². The molecule has 2 N–H and O–H groups in total. The first kappa shape index (κ1) is 22.0. The fraction of sp³-hybridized carbons (Fsp3) is 0.364. The Morgan fingerprint density at radius 3 is 2.88 bits per heavy atom. The molecule has 1 aliphatic heterocycles. The highest BCUT2D eigenvalue weighted by molar-refractivity contribution is 6.32. The number of anilines is 3. The molecule has 0 saturated heterocycles. The molecule has 9 nitrogen and oxygen atoms in total. The second kappa shape index (κ2) is 9.13. The van der Waals surface area contributed by atoms with E-state index in [1.54, 1.807) is 26.4 Å². The second-order valence-electron chi connectivity index (χ2n) is 7.90. The molecule has 0 spiro atoms. The number of hydrogen-bond acceptors (Lipinski definition) is 8. The number of likely N-dealkylation sites (N-methyl/N-ethyl adjacent to an activating group) is 1. The number of nitrogens with zero attached hydrogens (tertiary/aromatic N) is 5. The number of nitrogens with one attached hydrogen (secondary N) is 2. The number of aryl methyl sites for hydroxylation is 1. The standard InChI is InChI=1S/C22H26ClN7O2/c1-13(15-6-5-8-30(3)21(15)31)25-19-16(23)11-24-22(28-19)27-18-10-14-12-29(2)9-7-17(14)26-20(18)32-4/h5-6,8,10-11,13H,7,9,12H2,1-4H3,(H2,24,25,27,28). The van der Waals surface area contributed by atoms with Gasteiger partial charge in [0.15, 0.2) is 5.82 Å². The predicted octanol–water partition coefficient (Wildman–Crippen LogP) is 3.14. The number of fused-ring (bicyclic) bond motifs is 1. The maximum absolute atomic E-state index is 12.4. The van der Waals surface area contributed by atoms with Crippen LogP contribution in [0.25, 0.3) is 0 Å². The molecule has 1 unspecified atom stereocenters. The maximum Gasteiger partial charge on any atom is 0.255 e. The summed E-state index contributed by atoms with van der Waals surface area (Å²) in [6.07, 6.45) is 4.11. The van der Waals surface area contributed by atoms with Crippen molar-refractivity contribution in [1.29, 1.82) is 0 Å². The molecule has 32 heavy (non-hydrogen) atoms. The molecule has 0 aromatic carbocycles. The Morgan fingerprint density at radius 1 is 1.28 bits per heavy atom. The highest BCUT2D eigenvalue weighted by atomic mass is 35.5. The predicted molar refractivity (Wildman–Crippen MR) is 125 cm³/mol. The number of halogens is 1. The van der Waals surface area contributed by atoms with Crippen molar-refractivity contribution in [2.45, 2.75) is 25.9 Å². The lowest BCUT2D eigenvalue weighted by Crippen LogP contribution is -2.27. The monoisotopic (exact) mass is 455 g/mol.